The summed E-state index contributed by atoms with van der Waals surface area (Å²) in [5, 5.41) is 7.12. The van der Waals surface area contributed by atoms with Crippen LogP contribution < -0.4 is 4.74 Å². The van der Waals surface area contributed by atoms with E-state index >= 15 is 0 Å². The number of sulfonamides is 1. The number of alkyl halides is 3. The number of carbonyl (C=O) groups is 2. The fourth-order valence-electron chi connectivity index (χ4n) is 3.83. The largest absolute Gasteiger partial charge is 0.490 e. The van der Waals surface area contributed by atoms with E-state index in [4.69, 9.17) is 19.1 Å². The van der Waals surface area contributed by atoms with Crippen LogP contribution in [0.2, 0.25) is 0 Å². The first-order valence-electron chi connectivity index (χ1n) is 10.6. The molecule has 1 amide bonds. The van der Waals surface area contributed by atoms with Gasteiger partial charge in [0.2, 0.25) is 15.9 Å². The zero-order valence-electron chi connectivity index (χ0n) is 18.8. The predicted octanol–water partition coefficient (Wildman–Crippen LogP) is 2.18. The number of pyridine rings is 2. The van der Waals surface area contributed by atoms with Crippen molar-refractivity contribution in [3.8, 4) is 5.88 Å². The van der Waals surface area contributed by atoms with E-state index in [0.29, 0.717) is 5.69 Å². The fraction of sp³-hybridized carbons (Fsp3) is 0.273. The predicted molar refractivity (Wildman–Crippen MR) is 118 cm³/mol. The molecule has 15 heteroatoms. The number of hydrogen-bond acceptors (Lipinski definition) is 8. The molecule has 2 unspecified atom stereocenters. The summed E-state index contributed by atoms with van der Waals surface area (Å²) >= 11 is 0. The number of hydrogen-bond donors (Lipinski definition) is 1. The van der Waals surface area contributed by atoms with Crippen molar-refractivity contribution in [2.45, 2.75) is 29.8 Å². The third-order valence-corrected chi connectivity index (χ3v) is 7.38. The summed E-state index contributed by atoms with van der Waals surface area (Å²) < 4.78 is 71.4. The third kappa shape index (κ3) is 5.56. The molecule has 5 heterocycles. The molecule has 1 saturated heterocycles. The Hall–Kier alpha value is -3.98. The number of amides is 1. The Balaban J connectivity index is 0.000000405. The van der Waals surface area contributed by atoms with Crippen LogP contribution in [0.4, 0.5) is 13.2 Å². The SMILES string of the molecule is O=C(O)C(F)(F)F.O=C(c1ccco1)N1CC2Oc3ncccc3S(=O)(=O)N(Cc3ccccn3)C2C1. The van der Waals surface area contributed by atoms with Crippen molar-refractivity contribution >= 4 is 21.9 Å². The fourth-order valence-corrected chi connectivity index (χ4v) is 5.52. The van der Waals surface area contributed by atoms with Crippen LogP contribution >= 0.6 is 0 Å². The van der Waals surface area contributed by atoms with Gasteiger partial charge in [0.25, 0.3) is 5.91 Å². The van der Waals surface area contributed by atoms with Crippen molar-refractivity contribution in [1.29, 1.82) is 0 Å². The van der Waals surface area contributed by atoms with Crippen LogP contribution in [0.25, 0.3) is 0 Å². The molecule has 1 N–H and O–H groups in total. The van der Waals surface area contributed by atoms with Crippen molar-refractivity contribution in [2.75, 3.05) is 13.1 Å². The van der Waals surface area contributed by atoms with Gasteiger partial charge in [0.1, 0.15) is 11.0 Å². The van der Waals surface area contributed by atoms with Gasteiger partial charge in [-0.15, -0.1) is 0 Å². The molecule has 11 nitrogen and oxygen atoms in total. The smallest absolute Gasteiger partial charge is 0.475 e. The Morgan fingerprint density at radius 2 is 1.78 bits per heavy atom. The molecule has 1 fully saturated rings. The molecule has 0 spiro atoms. The molecule has 2 aliphatic heterocycles. The average Bonchev–Trinajstić information content (AvgIpc) is 3.52. The number of fused-ring (bicyclic) bond motifs is 2. The number of likely N-dealkylation sites (tertiary alicyclic amines) is 1. The number of rotatable bonds is 3. The zero-order valence-corrected chi connectivity index (χ0v) is 19.6. The quantitative estimate of drug-likeness (QED) is 0.529. The number of halogens is 3. The van der Waals surface area contributed by atoms with Gasteiger partial charge >= 0.3 is 12.1 Å². The van der Waals surface area contributed by atoms with E-state index in [1.807, 2.05) is 0 Å². The minimum Gasteiger partial charge on any atom is -0.475 e. The molecule has 3 aromatic rings. The Morgan fingerprint density at radius 3 is 2.41 bits per heavy atom. The van der Waals surface area contributed by atoms with Gasteiger partial charge in [-0.25, -0.2) is 18.2 Å². The van der Waals surface area contributed by atoms with Gasteiger partial charge in [0.15, 0.2) is 5.76 Å². The molecule has 2 atom stereocenters. The topological polar surface area (TPSA) is 143 Å². The molecule has 196 valence electrons. The first kappa shape index (κ1) is 26.1. The number of furan rings is 1. The Morgan fingerprint density at radius 1 is 1.05 bits per heavy atom. The van der Waals surface area contributed by atoms with E-state index < -0.39 is 34.3 Å². The molecule has 2 aliphatic rings. The Bertz CT molecular complexity index is 1370. The zero-order chi connectivity index (χ0) is 26.8. The summed E-state index contributed by atoms with van der Waals surface area (Å²) in [6.07, 6.45) is -1.13. The highest BCUT2D eigenvalue weighted by molar-refractivity contribution is 7.89. The molecule has 0 aromatic carbocycles. The monoisotopic (exact) mass is 540 g/mol. The second-order valence-electron chi connectivity index (χ2n) is 7.89. The van der Waals surface area contributed by atoms with Crippen LogP contribution in [0.15, 0.2) is 70.4 Å². The molecule has 0 radical (unpaired) electrons. The maximum atomic E-state index is 13.5. The van der Waals surface area contributed by atoms with Gasteiger partial charge in [-0.2, -0.15) is 17.5 Å². The molecule has 0 saturated carbocycles. The van der Waals surface area contributed by atoms with Gasteiger partial charge < -0.3 is 19.2 Å². The van der Waals surface area contributed by atoms with Gasteiger partial charge in [-0.05, 0) is 36.4 Å². The standard InChI is InChI=1S/C20H18N4O5S.C2HF3O2/c25-20(16-6-4-10-28-16)23-12-15-17(13-23)29-19-18(7-3-9-22-19)30(26,27)24(15)11-14-5-1-2-8-21-14;3-2(4,5)1(6)7/h1-10,15,17H,11-13H2;(H,6,7). The molecule has 5 rings (SSSR count). The molecule has 0 bridgehead atoms. The van der Waals surface area contributed by atoms with Gasteiger partial charge in [-0.3, -0.25) is 9.78 Å². The molecular formula is C22H19F3N4O7S. The lowest BCUT2D eigenvalue weighted by Crippen LogP contribution is -2.46. The number of carboxylic acids is 1. The summed E-state index contributed by atoms with van der Waals surface area (Å²) in [5.41, 5.74) is 0.600. The molecular weight excluding hydrogens is 521 g/mol. The van der Waals surface area contributed by atoms with E-state index in [1.165, 1.54) is 22.8 Å². The van der Waals surface area contributed by atoms with Crippen molar-refractivity contribution in [3.63, 3.8) is 0 Å². The van der Waals surface area contributed by atoms with Crippen LogP contribution in [-0.4, -0.2) is 76.0 Å². The first-order valence-corrected chi connectivity index (χ1v) is 12.1. The summed E-state index contributed by atoms with van der Waals surface area (Å²) in [7, 11) is -3.93. The molecule has 37 heavy (non-hydrogen) atoms. The van der Waals surface area contributed by atoms with Crippen LogP contribution in [0.5, 0.6) is 5.88 Å². The second-order valence-corrected chi connectivity index (χ2v) is 9.75. The van der Waals surface area contributed by atoms with E-state index in [9.17, 15) is 26.4 Å². The lowest BCUT2D eigenvalue weighted by atomic mass is 10.2. The van der Waals surface area contributed by atoms with Crippen LogP contribution in [0, 0.1) is 0 Å². The maximum absolute atomic E-state index is 13.5. The number of nitrogens with zero attached hydrogens (tertiary/aromatic N) is 4. The third-order valence-electron chi connectivity index (χ3n) is 5.50. The number of ether oxygens (including phenoxy) is 1. The molecule has 3 aromatic heterocycles. The lowest BCUT2D eigenvalue weighted by Gasteiger charge is -2.27. The Kier molecular flexibility index (Phi) is 7.18. The number of aliphatic carboxylic acids is 1. The van der Waals surface area contributed by atoms with E-state index in [0.717, 1.165) is 0 Å². The minimum atomic E-state index is -5.08. The van der Waals surface area contributed by atoms with Crippen LogP contribution in [-0.2, 0) is 21.4 Å². The number of carboxylic acid groups (broad SMARTS) is 1. The Labute approximate surface area is 208 Å². The summed E-state index contributed by atoms with van der Waals surface area (Å²) in [5.74, 6) is -2.83. The van der Waals surface area contributed by atoms with Gasteiger partial charge in [0, 0.05) is 18.9 Å². The number of carbonyl (C=O) groups excluding carboxylic acids is 1. The van der Waals surface area contributed by atoms with E-state index in [1.54, 1.807) is 47.5 Å². The summed E-state index contributed by atoms with van der Waals surface area (Å²) in [6, 6.07) is 11.0. The highest BCUT2D eigenvalue weighted by Crippen LogP contribution is 2.36. The van der Waals surface area contributed by atoms with E-state index in [2.05, 4.69) is 9.97 Å². The maximum Gasteiger partial charge on any atom is 0.490 e. The number of aromatic nitrogens is 2. The normalized spacial score (nSPS) is 20.5. The van der Waals surface area contributed by atoms with Crippen LogP contribution in [0.3, 0.4) is 0 Å². The van der Waals surface area contributed by atoms with Crippen LogP contribution in [0.1, 0.15) is 16.2 Å². The van der Waals surface area contributed by atoms with Crippen molar-refractivity contribution in [3.05, 3.63) is 72.6 Å². The van der Waals surface area contributed by atoms with Gasteiger partial charge in [0.05, 0.1) is 31.1 Å². The van der Waals surface area contributed by atoms with E-state index in [-0.39, 0.29) is 42.1 Å². The second kappa shape index (κ2) is 10.2. The first-order chi connectivity index (χ1) is 17.5. The highest BCUT2D eigenvalue weighted by Gasteiger charge is 2.49. The molecule has 0 aliphatic carbocycles. The minimum absolute atomic E-state index is 0.0132. The van der Waals surface area contributed by atoms with Gasteiger partial charge in [-0.1, -0.05) is 6.07 Å². The summed E-state index contributed by atoms with van der Waals surface area (Å²) in [4.78, 5) is 31.7. The van der Waals surface area contributed by atoms with Crippen molar-refractivity contribution < 1.29 is 45.4 Å². The summed E-state index contributed by atoms with van der Waals surface area (Å²) in [6.45, 7) is 0.448. The van der Waals surface area contributed by atoms with Crippen molar-refractivity contribution in [1.82, 2.24) is 19.2 Å². The lowest BCUT2D eigenvalue weighted by molar-refractivity contribution is -0.192. The highest BCUT2D eigenvalue weighted by atomic mass is 32.2. The van der Waals surface area contributed by atoms with Crippen molar-refractivity contribution in [2.24, 2.45) is 0 Å². The average molecular weight is 540 g/mol.